The molecule has 0 saturated heterocycles. The van der Waals surface area contributed by atoms with Crippen molar-refractivity contribution < 1.29 is 18.3 Å². The van der Waals surface area contributed by atoms with Crippen molar-refractivity contribution >= 4 is 5.97 Å². The maximum atomic E-state index is 12.6. The Morgan fingerprint density at radius 3 is 2.31 bits per heavy atom. The second-order valence-corrected chi connectivity index (χ2v) is 3.13. The van der Waals surface area contributed by atoms with E-state index in [1.165, 1.54) is 0 Å². The smallest absolute Gasteiger partial charge is 0.309 e. The van der Waals surface area contributed by atoms with E-state index in [4.69, 9.17) is 0 Å². The molecule has 2 nitrogen and oxygen atoms in total. The molecule has 0 bridgehead atoms. The standard InChI is InChI=1S/C9H16F2O2/c1-4-7(6-9(3,10)11)8(12)13-5-2/h7H,4-6H2,1-3H3. The molecule has 78 valence electrons. The van der Waals surface area contributed by atoms with Crippen LogP contribution in [0.4, 0.5) is 8.78 Å². The Labute approximate surface area is 77.3 Å². The van der Waals surface area contributed by atoms with E-state index < -0.39 is 24.2 Å². The van der Waals surface area contributed by atoms with Gasteiger partial charge in [0.2, 0.25) is 5.92 Å². The number of halogens is 2. The molecule has 0 aromatic carbocycles. The van der Waals surface area contributed by atoms with E-state index in [9.17, 15) is 13.6 Å². The third-order valence-corrected chi connectivity index (χ3v) is 1.72. The first-order chi connectivity index (χ1) is 5.90. The fourth-order valence-corrected chi connectivity index (χ4v) is 1.09. The topological polar surface area (TPSA) is 26.3 Å². The van der Waals surface area contributed by atoms with Gasteiger partial charge in [-0.1, -0.05) is 6.92 Å². The molecule has 0 rings (SSSR count). The quantitative estimate of drug-likeness (QED) is 0.629. The second kappa shape index (κ2) is 5.14. The summed E-state index contributed by atoms with van der Waals surface area (Å²) in [4.78, 5) is 11.1. The summed E-state index contributed by atoms with van der Waals surface area (Å²) in [6.45, 7) is 4.42. The van der Waals surface area contributed by atoms with Gasteiger partial charge in [-0.3, -0.25) is 4.79 Å². The normalized spacial score (nSPS) is 13.9. The van der Waals surface area contributed by atoms with Crippen LogP contribution >= 0.6 is 0 Å². The first-order valence-corrected chi connectivity index (χ1v) is 4.45. The van der Waals surface area contributed by atoms with E-state index in [0.717, 1.165) is 6.92 Å². The summed E-state index contributed by atoms with van der Waals surface area (Å²) in [5, 5.41) is 0. The summed E-state index contributed by atoms with van der Waals surface area (Å²) in [5.74, 6) is -4.00. The van der Waals surface area contributed by atoms with Crippen LogP contribution in [0.5, 0.6) is 0 Å². The van der Waals surface area contributed by atoms with Gasteiger partial charge in [0, 0.05) is 6.42 Å². The lowest BCUT2D eigenvalue weighted by molar-refractivity contribution is -0.151. The molecular formula is C9H16F2O2. The van der Waals surface area contributed by atoms with Gasteiger partial charge in [-0.05, 0) is 20.3 Å². The van der Waals surface area contributed by atoms with Gasteiger partial charge in [0.15, 0.2) is 0 Å². The number of rotatable bonds is 5. The molecule has 1 unspecified atom stereocenters. The lowest BCUT2D eigenvalue weighted by Gasteiger charge is -2.17. The van der Waals surface area contributed by atoms with Crippen LogP contribution in [0.3, 0.4) is 0 Å². The van der Waals surface area contributed by atoms with Crippen molar-refractivity contribution in [2.45, 2.75) is 39.5 Å². The molecule has 0 aliphatic heterocycles. The van der Waals surface area contributed by atoms with Crippen molar-refractivity contribution in [1.82, 2.24) is 0 Å². The van der Waals surface area contributed by atoms with Crippen LogP contribution in [-0.4, -0.2) is 18.5 Å². The monoisotopic (exact) mass is 194 g/mol. The minimum absolute atomic E-state index is 0.241. The summed E-state index contributed by atoms with van der Waals surface area (Å²) < 4.78 is 29.8. The summed E-state index contributed by atoms with van der Waals surface area (Å²) in [5.41, 5.74) is 0. The maximum Gasteiger partial charge on any atom is 0.309 e. The Kier molecular flexibility index (Phi) is 4.88. The SMILES string of the molecule is CCOC(=O)C(CC)CC(C)(F)F. The summed E-state index contributed by atoms with van der Waals surface area (Å²) in [7, 11) is 0. The van der Waals surface area contributed by atoms with Crippen molar-refractivity contribution in [2.75, 3.05) is 6.61 Å². The highest BCUT2D eigenvalue weighted by Crippen LogP contribution is 2.25. The minimum atomic E-state index is -2.80. The van der Waals surface area contributed by atoms with Gasteiger partial charge in [0.25, 0.3) is 0 Å². The lowest BCUT2D eigenvalue weighted by atomic mass is 9.99. The molecule has 0 fully saturated rings. The largest absolute Gasteiger partial charge is 0.466 e. The zero-order chi connectivity index (χ0) is 10.5. The molecule has 4 heteroatoms. The third kappa shape index (κ3) is 5.55. The van der Waals surface area contributed by atoms with Crippen molar-refractivity contribution in [3.63, 3.8) is 0 Å². The molecule has 0 saturated carbocycles. The molecule has 13 heavy (non-hydrogen) atoms. The molecule has 0 spiro atoms. The van der Waals surface area contributed by atoms with Crippen LogP contribution in [0.15, 0.2) is 0 Å². The number of hydrogen-bond acceptors (Lipinski definition) is 2. The highest BCUT2D eigenvalue weighted by atomic mass is 19.3. The van der Waals surface area contributed by atoms with Gasteiger partial charge in [0.05, 0.1) is 12.5 Å². The Hall–Kier alpha value is -0.670. The number of ether oxygens (including phenoxy) is 1. The van der Waals surface area contributed by atoms with Crippen LogP contribution in [-0.2, 0) is 9.53 Å². The summed E-state index contributed by atoms with van der Waals surface area (Å²) in [6, 6.07) is 0. The molecule has 0 heterocycles. The number of carbonyl (C=O) groups is 1. The van der Waals surface area contributed by atoms with Crippen molar-refractivity contribution in [3.05, 3.63) is 0 Å². The zero-order valence-corrected chi connectivity index (χ0v) is 8.27. The Morgan fingerprint density at radius 2 is 2.00 bits per heavy atom. The molecule has 0 aliphatic rings. The van der Waals surface area contributed by atoms with Crippen LogP contribution in [0.2, 0.25) is 0 Å². The molecule has 1 atom stereocenters. The maximum absolute atomic E-state index is 12.6. The Morgan fingerprint density at radius 1 is 1.46 bits per heavy atom. The first kappa shape index (κ1) is 12.3. The minimum Gasteiger partial charge on any atom is -0.466 e. The molecule has 0 N–H and O–H groups in total. The van der Waals surface area contributed by atoms with Crippen LogP contribution in [0.1, 0.15) is 33.6 Å². The number of esters is 1. The van der Waals surface area contributed by atoms with E-state index in [1.54, 1.807) is 13.8 Å². The van der Waals surface area contributed by atoms with Gasteiger partial charge >= 0.3 is 5.97 Å². The Bertz CT molecular complexity index is 163. The van der Waals surface area contributed by atoms with E-state index >= 15 is 0 Å². The van der Waals surface area contributed by atoms with E-state index in [-0.39, 0.29) is 6.61 Å². The van der Waals surface area contributed by atoms with Gasteiger partial charge in [0.1, 0.15) is 0 Å². The highest BCUT2D eigenvalue weighted by Gasteiger charge is 2.30. The lowest BCUT2D eigenvalue weighted by Crippen LogP contribution is -2.24. The Balaban J connectivity index is 4.10. The highest BCUT2D eigenvalue weighted by molar-refractivity contribution is 5.72. The predicted molar refractivity (Wildman–Crippen MR) is 45.7 cm³/mol. The zero-order valence-electron chi connectivity index (χ0n) is 8.27. The average molecular weight is 194 g/mol. The fourth-order valence-electron chi connectivity index (χ4n) is 1.09. The van der Waals surface area contributed by atoms with Crippen LogP contribution in [0, 0.1) is 5.92 Å². The predicted octanol–water partition coefficient (Wildman–Crippen LogP) is 2.62. The second-order valence-electron chi connectivity index (χ2n) is 3.13. The van der Waals surface area contributed by atoms with E-state index in [0.29, 0.717) is 6.42 Å². The average Bonchev–Trinajstić information content (AvgIpc) is 1.99. The van der Waals surface area contributed by atoms with Gasteiger partial charge < -0.3 is 4.74 Å². The number of carbonyl (C=O) groups excluding carboxylic acids is 1. The van der Waals surface area contributed by atoms with Crippen molar-refractivity contribution in [2.24, 2.45) is 5.92 Å². The molecule has 0 radical (unpaired) electrons. The summed E-state index contributed by atoms with van der Waals surface area (Å²) >= 11 is 0. The fraction of sp³-hybridized carbons (Fsp3) is 0.889. The molecule has 0 aromatic heterocycles. The van der Waals surface area contributed by atoms with Gasteiger partial charge in [-0.15, -0.1) is 0 Å². The first-order valence-electron chi connectivity index (χ1n) is 4.45. The molecular weight excluding hydrogens is 178 g/mol. The van der Waals surface area contributed by atoms with E-state index in [1.807, 2.05) is 0 Å². The molecule has 0 aliphatic carbocycles. The van der Waals surface area contributed by atoms with E-state index in [2.05, 4.69) is 4.74 Å². The van der Waals surface area contributed by atoms with Crippen LogP contribution < -0.4 is 0 Å². The van der Waals surface area contributed by atoms with Gasteiger partial charge in [-0.25, -0.2) is 8.78 Å². The number of alkyl halides is 2. The van der Waals surface area contributed by atoms with Crippen molar-refractivity contribution in [1.29, 1.82) is 0 Å². The molecule has 0 aromatic rings. The van der Waals surface area contributed by atoms with Gasteiger partial charge in [-0.2, -0.15) is 0 Å². The third-order valence-electron chi connectivity index (χ3n) is 1.72. The summed E-state index contributed by atoms with van der Waals surface area (Å²) in [6.07, 6.45) is -0.0371. The molecule has 0 amide bonds. The number of hydrogen-bond donors (Lipinski definition) is 0. The van der Waals surface area contributed by atoms with Crippen LogP contribution in [0.25, 0.3) is 0 Å². The van der Waals surface area contributed by atoms with Crippen molar-refractivity contribution in [3.8, 4) is 0 Å².